The van der Waals surface area contributed by atoms with Crippen LogP contribution in [0.1, 0.15) is 19.4 Å². The fourth-order valence-electron chi connectivity index (χ4n) is 2.40. The largest absolute Gasteiger partial charge is 0.342 e. The number of hydrogen-bond acceptors (Lipinski definition) is 3. The summed E-state index contributed by atoms with van der Waals surface area (Å²) >= 11 is 0. The molecule has 0 radical (unpaired) electrons. The van der Waals surface area contributed by atoms with Gasteiger partial charge in [-0.25, -0.2) is 4.90 Å². The van der Waals surface area contributed by atoms with E-state index in [-0.39, 0.29) is 11.8 Å². The number of amides is 2. The van der Waals surface area contributed by atoms with Crippen molar-refractivity contribution in [2.24, 2.45) is 0 Å². The number of aryl methyl sites for hydroxylation is 1. The number of benzene rings is 1. The Hall–Kier alpha value is -1.68. The molecule has 88 valence electrons. The minimum atomic E-state index is -0.964. The second-order valence-electron chi connectivity index (χ2n) is 4.95. The molecule has 3 rings (SSSR count). The van der Waals surface area contributed by atoms with Crippen molar-refractivity contribution < 1.29 is 14.3 Å². The lowest BCUT2D eigenvalue weighted by molar-refractivity contribution is -0.129. The van der Waals surface area contributed by atoms with Crippen molar-refractivity contribution in [3.8, 4) is 0 Å². The summed E-state index contributed by atoms with van der Waals surface area (Å²) in [5, 5.41) is 0. The summed E-state index contributed by atoms with van der Waals surface area (Å²) in [5.74, 6) is -0.536. The fourth-order valence-corrected chi connectivity index (χ4v) is 2.40. The average Bonchev–Trinajstić information content (AvgIpc) is 2.80. The molecule has 17 heavy (non-hydrogen) atoms. The molecule has 2 aliphatic rings. The fraction of sp³-hybridized carbons (Fsp3) is 0.385. The van der Waals surface area contributed by atoms with E-state index in [2.05, 4.69) is 0 Å². The van der Waals surface area contributed by atoms with E-state index in [1.807, 2.05) is 25.1 Å². The number of morpholine rings is 1. The lowest BCUT2D eigenvalue weighted by atomic mass is 10.00. The van der Waals surface area contributed by atoms with Gasteiger partial charge < -0.3 is 4.74 Å². The average molecular weight is 231 g/mol. The molecule has 2 saturated heterocycles. The highest BCUT2D eigenvalue weighted by Crippen LogP contribution is 2.55. The summed E-state index contributed by atoms with van der Waals surface area (Å²) in [6.45, 7) is 5.27. The second-order valence-corrected chi connectivity index (χ2v) is 4.95. The van der Waals surface area contributed by atoms with E-state index in [9.17, 15) is 9.59 Å². The number of hydrogen-bond donors (Lipinski definition) is 0. The van der Waals surface area contributed by atoms with Crippen molar-refractivity contribution in [3.05, 3.63) is 29.8 Å². The van der Waals surface area contributed by atoms with E-state index in [4.69, 9.17) is 4.74 Å². The van der Waals surface area contributed by atoms with Gasteiger partial charge in [-0.2, -0.15) is 0 Å². The van der Waals surface area contributed by atoms with Gasteiger partial charge in [0.2, 0.25) is 0 Å². The minimum Gasteiger partial charge on any atom is -0.342 e. The Kier molecular flexibility index (Phi) is 1.70. The maximum Gasteiger partial charge on any atom is 0.269 e. The number of imide groups is 1. The maximum atomic E-state index is 12.2. The van der Waals surface area contributed by atoms with Gasteiger partial charge in [0.15, 0.2) is 11.2 Å². The first-order chi connectivity index (χ1) is 7.90. The van der Waals surface area contributed by atoms with Gasteiger partial charge in [0, 0.05) is 0 Å². The molecule has 0 N–H and O–H groups in total. The molecule has 0 bridgehead atoms. The number of carbonyl (C=O) groups excluding carboxylic acids is 2. The third-order valence-corrected chi connectivity index (χ3v) is 3.76. The van der Waals surface area contributed by atoms with Gasteiger partial charge in [-0.1, -0.05) is 12.1 Å². The molecular formula is C13H13NO3. The smallest absolute Gasteiger partial charge is 0.269 e. The molecule has 1 aromatic carbocycles. The van der Waals surface area contributed by atoms with Crippen molar-refractivity contribution in [3.63, 3.8) is 0 Å². The van der Waals surface area contributed by atoms with Gasteiger partial charge in [-0.15, -0.1) is 0 Å². The van der Waals surface area contributed by atoms with Crippen LogP contribution in [-0.2, 0) is 14.3 Å². The second kappa shape index (κ2) is 2.76. The van der Waals surface area contributed by atoms with Gasteiger partial charge in [0.25, 0.3) is 11.8 Å². The first kappa shape index (κ1) is 10.5. The molecule has 2 fully saturated rings. The van der Waals surface area contributed by atoms with Crippen molar-refractivity contribution in [2.45, 2.75) is 32.0 Å². The van der Waals surface area contributed by atoms with E-state index < -0.39 is 11.2 Å². The van der Waals surface area contributed by atoms with E-state index in [0.717, 1.165) is 5.56 Å². The van der Waals surface area contributed by atoms with E-state index >= 15 is 0 Å². The summed E-state index contributed by atoms with van der Waals surface area (Å²) in [7, 11) is 0. The summed E-state index contributed by atoms with van der Waals surface area (Å²) in [5.41, 5.74) is -0.292. The number of rotatable bonds is 1. The molecule has 0 aliphatic carbocycles. The van der Waals surface area contributed by atoms with Gasteiger partial charge in [0.05, 0.1) is 5.69 Å². The summed E-state index contributed by atoms with van der Waals surface area (Å²) in [4.78, 5) is 25.6. The third-order valence-electron chi connectivity index (χ3n) is 3.76. The van der Waals surface area contributed by atoms with E-state index in [1.165, 1.54) is 4.90 Å². The Morgan fingerprint density at radius 1 is 1.12 bits per heavy atom. The van der Waals surface area contributed by atoms with Gasteiger partial charge >= 0.3 is 0 Å². The highest BCUT2D eigenvalue weighted by Gasteiger charge is 2.81. The molecule has 2 aliphatic heterocycles. The lowest BCUT2D eigenvalue weighted by Gasteiger charge is -2.18. The molecule has 2 atom stereocenters. The molecule has 2 amide bonds. The number of carbonyl (C=O) groups is 2. The predicted molar refractivity (Wildman–Crippen MR) is 61.6 cm³/mol. The van der Waals surface area contributed by atoms with Crippen molar-refractivity contribution in [1.82, 2.24) is 0 Å². The van der Waals surface area contributed by atoms with Gasteiger partial charge in [-0.3, -0.25) is 9.59 Å². The SMILES string of the molecule is Cc1cccc(N2C(=O)C3(C)OC3(C)C2=O)c1. The standard InChI is InChI=1S/C13H13NO3/c1-8-5-4-6-9(7-8)14-10(15)12(2)13(3,17-12)11(14)16/h4-7H,1-3H3. The molecule has 4 heteroatoms. The highest BCUT2D eigenvalue weighted by atomic mass is 16.6. The Labute approximate surface area is 99.2 Å². The topological polar surface area (TPSA) is 49.9 Å². The molecule has 2 unspecified atom stereocenters. The number of fused-ring (bicyclic) bond motifs is 1. The number of nitrogens with zero attached hydrogens (tertiary/aromatic N) is 1. The number of ether oxygens (including phenoxy) is 1. The third kappa shape index (κ3) is 1.06. The monoisotopic (exact) mass is 231 g/mol. The first-order valence-corrected chi connectivity index (χ1v) is 5.56. The zero-order valence-electron chi connectivity index (χ0n) is 9.98. The molecule has 4 nitrogen and oxygen atoms in total. The number of epoxide rings is 1. The van der Waals surface area contributed by atoms with E-state index in [1.54, 1.807) is 19.9 Å². The normalized spacial score (nSPS) is 35.1. The van der Waals surface area contributed by atoms with Gasteiger partial charge in [0.1, 0.15) is 0 Å². The molecule has 0 spiro atoms. The predicted octanol–water partition coefficient (Wildman–Crippen LogP) is 1.42. The summed E-state index contributed by atoms with van der Waals surface area (Å²) in [6.07, 6.45) is 0. The van der Waals surface area contributed by atoms with Crippen LogP contribution in [-0.4, -0.2) is 23.0 Å². The van der Waals surface area contributed by atoms with Crippen LogP contribution < -0.4 is 4.90 Å². The van der Waals surface area contributed by atoms with Crippen LogP contribution in [0.25, 0.3) is 0 Å². The van der Waals surface area contributed by atoms with Crippen LogP contribution in [0.2, 0.25) is 0 Å². The lowest BCUT2D eigenvalue weighted by Crippen LogP contribution is -2.38. The first-order valence-electron chi connectivity index (χ1n) is 5.56. The Morgan fingerprint density at radius 3 is 2.24 bits per heavy atom. The van der Waals surface area contributed by atoms with Crippen LogP contribution in [0, 0.1) is 6.92 Å². The van der Waals surface area contributed by atoms with Crippen LogP contribution >= 0.6 is 0 Å². The summed E-state index contributed by atoms with van der Waals surface area (Å²) in [6, 6.07) is 7.35. The molecule has 0 aromatic heterocycles. The quantitative estimate of drug-likeness (QED) is 0.542. The Balaban J connectivity index is 2.07. The van der Waals surface area contributed by atoms with Gasteiger partial charge in [-0.05, 0) is 38.5 Å². The van der Waals surface area contributed by atoms with Crippen molar-refractivity contribution >= 4 is 17.5 Å². The molecule has 2 heterocycles. The zero-order valence-corrected chi connectivity index (χ0v) is 9.98. The minimum absolute atomic E-state index is 0.268. The highest BCUT2D eigenvalue weighted by molar-refractivity contribution is 6.30. The Bertz CT molecular complexity index is 527. The molecule has 0 saturated carbocycles. The zero-order chi connectivity index (χ0) is 12.4. The van der Waals surface area contributed by atoms with Crippen LogP contribution in [0.15, 0.2) is 24.3 Å². The molecule has 1 aromatic rings. The maximum absolute atomic E-state index is 12.2. The Morgan fingerprint density at radius 2 is 1.71 bits per heavy atom. The number of anilines is 1. The van der Waals surface area contributed by atoms with Crippen molar-refractivity contribution in [1.29, 1.82) is 0 Å². The van der Waals surface area contributed by atoms with Crippen LogP contribution in [0.5, 0.6) is 0 Å². The van der Waals surface area contributed by atoms with Crippen molar-refractivity contribution in [2.75, 3.05) is 4.90 Å². The summed E-state index contributed by atoms with van der Waals surface area (Å²) < 4.78 is 5.29. The van der Waals surface area contributed by atoms with E-state index in [0.29, 0.717) is 5.69 Å². The molecular weight excluding hydrogens is 218 g/mol. The van der Waals surface area contributed by atoms with Crippen LogP contribution in [0.3, 0.4) is 0 Å². The van der Waals surface area contributed by atoms with Crippen LogP contribution in [0.4, 0.5) is 5.69 Å².